The Morgan fingerprint density at radius 3 is 1.87 bits per heavy atom. The van der Waals surface area contributed by atoms with Crippen LogP contribution < -0.4 is 9.47 Å². The van der Waals surface area contributed by atoms with Crippen LogP contribution in [-0.2, 0) is 6.42 Å². The fourth-order valence-corrected chi connectivity index (χ4v) is 4.33. The summed E-state index contributed by atoms with van der Waals surface area (Å²) in [6.07, 6.45) is 12.9. The van der Waals surface area contributed by atoms with Gasteiger partial charge in [0.25, 0.3) is 0 Å². The molecule has 0 N–H and O–H groups in total. The molecule has 0 saturated carbocycles. The fraction of sp³-hybridized carbons (Fsp3) is 0.500. The zero-order valence-electron chi connectivity index (χ0n) is 19.1. The van der Waals surface area contributed by atoms with Crippen molar-refractivity contribution < 1.29 is 9.47 Å². The summed E-state index contributed by atoms with van der Waals surface area (Å²) in [5, 5.41) is 4.57. The fourth-order valence-electron chi connectivity index (χ4n) is 4.33. The van der Waals surface area contributed by atoms with Crippen LogP contribution in [0.5, 0.6) is 11.5 Å². The molecule has 0 aliphatic carbocycles. The second kappa shape index (κ2) is 11.8. The van der Waals surface area contributed by atoms with Crippen molar-refractivity contribution in [1.29, 1.82) is 0 Å². The van der Waals surface area contributed by atoms with Crippen LogP contribution in [0.4, 0.5) is 0 Å². The molecule has 0 amide bonds. The molecule has 2 nitrogen and oxygen atoms in total. The normalized spacial score (nSPS) is 11.3. The Kier molecular flexibility index (Phi) is 8.86. The average Bonchev–Trinajstić information content (AvgIpc) is 2.79. The first-order valence-electron chi connectivity index (χ1n) is 11.9. The SMILES string of the molecule is CCCCCCCCCCCOc1c2ccccc2c(OC)c2cc(CC)ccc12. The Balaban J connectivity index is 1.69. The van der Waals surface area contributed by atoms with E-state index >= 15 is 0 Å². The number of ether oxygens (including phenoxy) is 2. The molecule has 30 heavy (non-hydrogen) atoms. The third-order valence-electron chi connectivity index (χ3n) is 6.10. The van der Waals surface area contributed by atoms with Crippen molar-refractivity contribution in [3.05, 3.63) is 48.0 Å². The minimum Gasteiger partial charge on any atom is -0.495 e. The summed E-state index contributed by atoms with van der Waals surface area (Å²) in [6.45, 7) is 5.24. The van der Waals surface area contributed by atoms with Crippen molar-refractivity contribution in [3.63, 3.8) is 0 Å². The Labute approximate surface area is 182 Å². The summed E-state index contributed by atoms with van der Waals surface area (Å²) >= 11 is 0. The number of benzene rings is 3. The van der Waals surface area contributed by atoms with Gasteiger partial charge >= 0.3 is 0 Å². The molecular weight excluding hydrogens is 368 g/mol. The van der Waals surface area contributed by atoms with Crippen molar-refractivity contribution in [1.82, 2.24) is 0 Å². The summed E-state index contributed by atoms with van der Waals surface area (Å²) in [5.74, 6) is 1.95. The maximum absolute atomic E-state index is 6.41. The first-order chi connectivity index (χ1) is 14.8. The Morgan fingerprint density at radius 1 is 0.633 bits per heavy atom. The Bertz CT molecular complexity index is 929. The van der Waals surface area contributed by atoms with E-state index in [0.717, 1.165) is 52.5 Å². The van der Waals surface area contributed by atoms with Gasteiger partial charge in [-0.15, -0.1) is 0 Å². The zero-order valence-corrected chi connectivity index (χ0v) is 19.1. The van der Waals surface area contributed by atoms with Gasteiger partial charge in [0.1, 0.15) is 11.5 Å². The number of methoxy groups -OCH3 is 1. The molecule has 0 unspecified atom stereocenters. The number of rotatable bonds is 13. The molecule has 0 spiro atoms. The zero-order chi connectivity index (χ0) is 21.2. The molecule has 0 saturated heterocycles. The van der Waals surface area contributed by atoms with E-state index in [4.69, 9.17) is 9.47 Å². The predicted octanol–water partition coefficient (Wildman–Crippen LogP) is 8.47. The molecular formula is C28H38O2. The standard InChI is InChI=1S/C28H38O2/c1-4-6-7-8-9-10-11-12-15-20-30-28-24-17-14-13-16-23(24)27(29-3)26-21-22(5-2)18-19-25(26)28/h13-14,16-19,21H,4-12,15,20H2,1-3H3. The van der Waals surface area contributed by atoms with Crippen molar-refractivity contribution in [2.45, 2.75) is 78.1 Å². The van der Waals surface area contributed by atoms with E-state index in [1.807, 2.05) is 0 Å². The third kappa shape index (κ3) is 5.47. The van der Waals surface area contributed by atoms with E-state index in [-0.39, 0.29) is 0 Å². The van der Waals surface area contributed by atoms with Gasteiger partial charge in [-0.2, -0.15) is 0 Å². The van der Waals surface area contributed by atoms with Crippen LogP contribution in [-0.4, -0.2) is 13.7 Å². The van der Waals surface area contributed by atoms with E-state index in [1.165, 1.54) is 56.9 Å². The van der Waals surface area contributed by atoms with Gasteiger partial charge < -0.3 is 9.47 Å². The number of fused-ring (bicyclic) bond motifs is 2. The largest absolute Gasteiger partial charge is 0.495 e. The van der Waals surface area contributed by atoms with Gasteiger partial charge in [-0.05, 0) is 24.5 Å². The summed E-state index contributed by atoms with van der Waals surface area (Å²) in [6, 6.07) is 15.1. The van der Waals surface area contributed by atoms with Gasteiger partial charge in [-0.1, -0.05) is 102 Å². The number of aryl methyl sites for hydroxylation is 1. The summed E-state index contributed by atoms with van der Waals surface area (Å²) < 4.78 is 12.3. The van der Waals surface area contributed by atoms with Gasteiger partial charge in [0.05, 0.1) is 13.7 Å². The monoisotopic (exact) mass is 406 g/mol. The van der Waals surface area contributed by atoms with Crippen molar-refractivity contribution >= 4 is 21.5 Å². The molecule has 0 radical (unpaired) electrons. The van der Waals surface area contributed by atoms with Crippen LogP contribution in [0.1, 0.15) is 77.2 Å². The van der Waals surface area contributed by atoms with Crippen LogP contribution in [0.15, 0.2) is 42.5 Å². The smallest absolute Gasteiger partial charge is 0.135 e. The molecule has 0 aromatic heterocycles. The number of hydrogen-bond donors (Lipinski definition) is 0. The molecule has 3 aromatic carbocycles. The van der Waals surface area contributed by atoms with Crippen LogP contribution in [0.25, 0.3) is 21.5 Å². The maximum Gasteiger partial charge on any atom is 0.135 e. The van der Waals surface area contributed by atoms with Crippen LogP contribution >= 0.6 is 0 Å². The molecule has 3 aromatic rings. The van der Waals surface area contributed by atoms with Gasteiger partial charge in [0.2, 0.25) is 0 Å². The lowest BCUT2D eigenvalue weighted by Crippen LogP contribution is -2.00. The number of unbranched alkanes of at least 4 members (excludes halogenated alkanes) is 8. The Hall–Kier alpha value is -2.22. The van der Waals surface area contributed by atoms with Gasteiger partial charge in [0.15, 0.2) is 0 Å². The highest BCUT2D eigenvalue weighted by Crippen LogP contribution is 2.43. The van der Waals surface area contributed by atoms with Gasteiger partial charge in [-0.3, -0.25) is 0 Å². The molecule has 3 rings (SSSR count). The predicted molar refractivity (Wildman–Crippen MR) is 130 cm³/mol. The first-order valence-corrected chi connectivity index (χ1v) is 11.9. The lowest BCUT2D eigenvalue weighted by molar-refractivity contribution is 0.310. The van der Waals surface area contributed by atoms with Crippen LogP contribution in [0.3, 0.4) is 0 Å². The van der Waals surface area contributed by atoms with Gasteiger partial charge in [-0.25, -0.2) is 0 Å². The third-order valence-corrected chi connectivity index (χ3v) is 6.10. The van der Waals surface area contributed by atoms with E-state index in [2.05, 4.69) is 56.3 Å². The van der Waals surface area contributed by atoms with Crippen LogP contribution in [0.2, 0.25) is 0 Å². The highest BCUT2D eigenvalue weighted by molar-refractivity contribution is 6.11. The topological polar surface area (TPSA) is 18.5 Å². The average molecular weight is 407 g/mol. The van der Waals surface area contributed by atoms with Gasteiger partial charge in [0, 0.05) is 21.5 Å². The molecule has 0 bridgehead atoms. The first kappa shape index (κ1) is 22.5. The molecule has 0 atom stereocenters. The molecule has 0 fully saturated rings. The lowest BCUT2D eigenvalue weighted by atomic mass is 9.98. The minimum atomic E-state index is 0.775. The Morgan fingerprint density at radius 2 is 1.23 bits per heavy atom. The number of hydrogen-bond acceptors (Lipinski definition) is 2. The highest BCUT2D eigenvalue weighted by atomic mass is 16.5. The lowest BCUT2D eigenvalue weighted by Gasteiger charge is -2.17. The second-order valence-corrected chi connectivity index (χ2v) is 8.32. The minimum absolute atomic E-state index is 0.775. The van der Waals surface area contributed by atoms with Crippen molar-refractivity contribution in [3.8, 4) is 11.5 Å². The molecule has 0 heterocycles. The molecule has 162 valence electrons. The van der Waals surface area contributed by atoms with Crippen LogP contribution in [0, 0.1) is 0 Å². The highest BCUT2D eigenvalue weighted by Gasteiger charge is 2.15. The van der Waals surface area contributed by atoms with E-state index < -0.39 is 0 Å². The molecule has 2 heteroatoms. The summed E-state index contributed by atoms with van der Waals surface area (Å²) in [7, 11) is 1.77. The van der Waals surface area contributed by atoms with Crippen molar-refractivity contribution in [2.75, 3.05) is 13.7 Å². The quantitative estimate of drug-likeness (QED) is 0.209. The molecule has 0 aliphatic rings. The molecule has 0 aliphatic heterocycles. The summed E-state index contributed by atoms with van der Waals surface area (Å²) in [4.78, 5) is 0. The van der Waals surface area contributed by atoms with E-state index in [0.29, 0.717) is 0 Å². The van der Waals surface area contributed by atoms with E-state index in [1.54, 1.807) is 7.11 Å². The maximum atomic E-state index is 6.41. The van der Waals surface area contributed by atoms with E-state index in [9.17, 15) is 0 Å². The second-order valence-electron chi connectivity index (χ2n) is 8.32. The van der Waals surface area contributed by atoms with Crippen molar-refractivity contribution in [2.24, 2.45) is 0 Å². The summed E-state index contributed by atoms with van der Waals surface area (Å²) in [5.41, 5.74) is 1.32.